The Hall–Kier alpha value is -1.86. The highest BCUT2D eigenvalue weighted by atomic mass is 79.9. The van der Waals surface area contributed by atoms with Crippen molar-refractivity contribution < 1.29 is 4.79 Å². The summed E-state index contributed by atoms with van der Waals surface area (Å²) in [7, 11) is 0. The predicted octanol–water partition coefficient (Wildman–Crippen LogP) is 3.00. The summed E-state index contributed by atoms with van der Waals surface area (Å²) < 4.78 is 1.02. The SMILES string of the molecule is Cc1cc(N2CCC(Nc3cc(Cl)nc(N)n3)C2=O)ccc1Br. The van der Waals surface area contributed by atoms with Gasteiger partial charge in [0.25, 0.3) is 0 Å². The molecule has 0 saturated carbocycles. The van der Waals surface area contributed by atoms with Gasteiger partial charge < -0.3 is 16.0 Å². The molecule has 1 saturated heterocycles. The number of carbonyl (C=O) groups is 1. The smallest absolute Gasteiger partial charge is 0.249 e. The minimum absolute atomic E-state index is 0.0000265. The summed E-state index contributed by atoms with van der Waals surface area (Å²) in [5.74, 6) is 0.528. The van der Waals surface area contributed by atoms with E-state index in [0.29, 0.717) is 18.8 Å². The average molecular weight is 397 g/mol. The number of aromatic nitrogens is 2. The van der Waals surface area contributed by atoms with Crippen molar-refractivity contribution in [2.24, 2.45) is 0 Å². The number of nitrogens with zero attached hydrogens (tertiary/aromatic N) is 3. The van der Waals surface area contributed by atoms with Gasteiger partial charge >= 0.3 is 0 Å². The lowest BCUT2D eigenvalue weighted by molar-refractivity contribution is -0.117. The van der Waals surface area contributed by atoms with E-state index in [9.17, 15) is 4.79 Å². The Kier molecular flexibility index (Phi) is 4.41. The van der Waals surface area contributed by atoms with Crippen LogP contribution < -0.4 is 16.0 Å². The van der Waals surface area contributed by atoms with Gasteiger partial charge in [-0.25, -0.2) is 4.98 Å². The van der Waals surface area contributed by atoms with Gasteiger partial charge in [-0.1, -0.05) is 27.5 Å². The molecule has 1 aromatic heterocycles. The van der Waals surface area contributed by atoms with Gasteiger partial charge in [-0.2, -0.15) is 4.98 Å². The molecule has 1 unspecified atom stereocenters. The van der Waals surface area contributed by atoms with Crippen LogP contribution in [0.25, 0.3) is 0 Å². The van der Waals surface area contributed by atoms with Crippen molar-refractivity contribution in [1.29, 1.82) is 0 Å². The Labute approximate surface area is 147 Å². The molecule has 1 aliphatic heterocycles. The van der Waals surface area contributed by atoms with E-state index < -0.39 is 0 Å². The van der Waals surface area contributed by atoms with Crippen LogP contribution in [-0.4, -0.2) is 28.5 Å². The van der Waals surface area contributed by atoms with Gasteiger partial charge in [0.05, 0.1) is 0 Å². The molecule has 1 amide bonds. The number of aryl methyl sites for hydroxylation is 1. The summed E-state index contributed by atoms with van der Waals surface area (Å²) in [6.07, 6.45) is 0.676. The lowest BCUT2D eigenvalue weighted by atomic mass is 10.2. The third kappa shape index (κ3) is 3.40. The van der Waals surface area contributed by atoms with Crippen LogP contribution in [0.1, 0.15) is 12.0 Å². The molecular weight excluding hydrogens is 382 g/mol. The number of hydrogen-bond donors (Lipinski definition) is 2. The maximum atomic E-state index is 12.6. The van der Waals surface area contributed by atoms with Gasteiger partial charge in [-0.15, -0.1) is 0 Å². The standard InChI is InChI=1S/C15H15BrClN5O/c1-8-6-9(2-3-10(8)16)22-5-4-11(14(22)23)19-13-7-12(17)20-15(18)21-13/h2-3,6-7,11H,4-5H2,1H3,(H3,18,19,20,21). The number of amides is 1. The zero-order valence-corrected chi connectivity index (χ0v) is 14.7. The van der Waals surface area contributed by atoms with E-state index in [2.05, 4.69) is 31.2 Å². The van der Waals surface area contributed by atoms with Gasteiger partial charge in [-0.05, 0) is 37.1 Å². The number of nitrogens with one attached hydrogen (secondary N) is 1. The molecule has 120 valence electrons. The number of nitrogens with two attached hydrogens (primary N) is 1. The van der Waals surface area contributed by atoms with Crippen molar-refractivity contribution >= 4 is 50.9 Å². The number of halogens is 2. The van der Waals surface area contributed by atoms with E-state index in [-0.39, 0.29) is 23.1 Å². The molecular formula is C15H15BrClN5O. The maximum absolute atomic E-state index is 12.6. The number of rotatable bonds is 3. The van der Waals surface area contributed by atoms with Gasteiger partial charge in [0.15, 0.2) is 0 Å². The Morgan fingerprint density at radius 2 is 2.17 bits per heavy atom. The summed E-state index contributed by atoms with van der Waals surface area (Å²) in [6.45, 7) is 2.64. The summed E-state index contributed by atoms with van der Waals surface area (Å²) in [6, 6.07) is 7.06. The first-order chi connectivity index (χ1) is 10.9. The number of nitrogen functional groups attached to an aromatic ring is 1. The first-order valence-corrected chi connectivity index (χ1v) is 8.25. The van der Waals surface area contributed by atoms with E-state index in [1.807, 2.05) is 25.1 Å². The van der Waals surface area contributed by atoms with E-state index >= 15 is 0 Å². The first-order valence-electron chi connectivity index (χ1n) is 7.08. The molecule has 0 bridgehead atoms. The fraction of sp³-hybridized carbons (Fsp3) is 0.267. The first kappa shape index (κ1) is 16.0. The Morgan fingerprint density at radius 1 is 1.39 bits per heavy atom. The molecule has 0 radical (unpaired) electrons. The highest BCUT2D eigenvalue weighted by Crippen LogP contribution is 2.27. The van der Waals surface area contributed by atoms with Crippen LogP contribution in [0.5, 0.6) is 0 Å². The summed E-state index contributed by atoms with van der Waals surface area (Å²) >= 11 is 9.33. The van der Waals surface area contributed by atoms with Crippen LogP contribution in [0.4, 0.5) is 17.5 Å². The van der Waals surface area contributed by atoms with Crippen molar-refractivity contribution in [2.45, 2.75) is 19.4 Å². The molecule has 2 heterocycles. The molecule has 6 nitrogen and oxygen atoms in total. The van der Waals surface area contributed by atoms with Crippen molar-refractivity contribution in [3.63, 3.8) is 0 Å². The molecule has 2 aromatic rings. The lowest BCUT2D eigenvalue weighted by Gasteiger charge is -2.18. The van der Waals surface area contributed by atoms with Crippen LogP contribution in [0.3, 0.4) is 0 Å². The minimum atomic E-state index is -0.357. The number of benzene rings is 1. The normalized spacial score (nSPS) is 17.6. The van der Waals surface area contributed by atoms with Crippen molar-refractivity contribution in [1.82, 2.24) is 9.97 Å². The van der Waals surface area contributed by atoms with Gasteiger partial charge in [0.2, 0.25) is 11.9 Å². The quantitative estimate of drug-likeness (QED) is 0.779. The van der Waals surface area contributed by atoms with E-state index in [4.69, 9.17) is 17.3 Å². The second-order valence-corrected chi connectivity index (χ2v) is 6.58. The van der Waals surface area contributed by atoms with Crippen LogP contribution >= 0.6 is 27.5 Å². The molecule has 3 N–H and O–H groups in total. The Bertz CT molecular complexity index is 749. The van der Waals surface area contributed by atoms with Gasteiger partial charge in [0.1, 0.15) is 17.0 Å². The highest BCUT2D eigenvalue weighted by Gasteiger charge is 2.33. The fourth-order valence-corrected chi connectivity index (χ4v) is 2.99. The number of carbonyl (C=O) groups excluding carboxylic acids is 1. The number of anilines is 3. The van der Waals surface area contributed by atoms with Crippen LogP contribution in [0, 0.1) is 6.92 Å². The summed E-state index contributed by atoms with van der Waals surface area (Å²) in [5.41, 5.74) is 7.55. The van der Waals surface area contributed by atoms with E-state index in [1.54, 1.807) is 11.0 Å². The van der Waals surface area contributed by atoms with Gasteiger partial charge in [0, 0.05) is 22.8 Å². The second kappa shape index (κ2) is 6.33. The predicted molar refractivity (Wildman–Crippen MR) is 94.7 cm³/mol. The third-order valence-electron chi connectivity index (χ3n) is 3.69. The van der Waals surface area contributed by atoms with Crippen molar-refractivity contribution in [3.8, 4) is 0 Å². The largest absolute Gasteiger partial charge is 0.368 e. The molecule has 1 aromatic carbocycles. The fourth-order valence-electron chi connectivity index (χ4n) is 2.55. The molecule has 23 heavy (non-hydrogen) atoms. The van der Waals surface area contributed by atoms with E-state index in [1.165, 1.54) is 0 Å². The zero-order valence-electron chi connectivity index (χ0n) is 12.4. The topological polar surface area (TPSA) is 84.1 Å². The van der Waals surface area contributed by atoms with Crippen molar-refractivity contribution in [2.75, 3.05) is 22.5 Å². The number of hydrogen-bond acceptors (Lipinski definition) is 5. The summed E-state index contributed by atoms with van der Waals surface area (Å²) in [4.78, 5) is 22.2. The molecule has 0 aliphatic carbocycles. The lowest BCUT2D eigenvalue weighted by Crippen LogP contribution is -2.33. The maximum Gasteiger partial charge on any atom is 0.249 e. The second-order valence-electron chi connectivity index (χ2n) is 5.34. The Morgan fingerprint density at radius 3 is 2.87 bits per heavy atom. The molecule has 3 rings (SSSR count). The minimum Gasteiger partial charge on any atom is -0.368 e. The molecule has 0 spiro atoms. The molecule has 1 aliphatic rings. The molecule has 1 fully saturated rings. The van der Waals surface area contributed by atoms with Gasteiger partial charge in [-0.3, -0.25) is 4.79 Å². The molecule has 8 heteroatoms. The van der Waals surface area contributed by atoms with Crippen LogP contribution in [0.15, 0.2) is 28.7 Å². The van der Waals surface area contributed by atoms with Crippen molar-refractivity contribution in [3.05, 3.63) is 39.5 Å². The third-order valence-corrected chi connectivity index (χ3v) is 4.78. The van der Waals surface area contributed by atoms with Crippen LogP contribution in [0.2, 0.25) is 5.15 Å². The summed E-state index contributed by atoms with van der Waals surface area (Å²) in [5, 5.41) is 3.32. The van der Waals surface area contributed by atoms with Crippen LogP contribution in [-0.2, 0) is 4.79 Å². The zero-order chi connectivity index (χ0) is 16.6. The monoisotopic (exact) mass is 395 g/mol. The average Bonchev–Trinajstić information content (AvgIpc) is 2.82. The highest BCUT2D eigenvalue weighted by molar-refractivity contribution is 9.10. The molecule has 1 atom stereocenters. The van der Waals surface area contributed by atoms with E-state index in [0.717, 1.165) is 15.7 Å². The Balaban J connectivity index is 1.77.